The summed E-state index contributed by atoms with van der Waals surface area (Å²) in [6.07, 6.45) is 7.37. The lowest BCUT2D eigenvalue weighted by molar-refractivity contribution is -0.149. The van der Waals surface area contributed by atoms with Gasteiger partial charge in [0.1, 0.15) is 0 Å². The Morgan fingerprint density at radius 3 is 2.60 bits per heavy atom. The van der Waals surface area contributed by atoms with Crippen molar-refractivity contribution in [2.24, 2.45) is 5.41 Å². The molecule has 0 aromatic heterocycles. The van der Waals surface area contributed by atoms with Crippen LogP contribution in [0.3, 0.4) is 0 Å². The van der Waals surface area contributed by atoms with Gasteiger partial charge in [-0.2, -0.15) is 0 Å². The third kappa shape index (κ3) is 3.49. The molecule has 1 aliphatic heterocycles. The lowest BCUT2D eigenvalue weighted by Gasteiger charge is -2.21. The van der Waals surface area contributed by atoms with Gasteiger partial charge in [-0.1, -0.05) is 39.0 Å². The van der Waals surface area contributed by atoms with Crippen molar-refractivity contribution in [2.75, 3.05) is 13.2 Å². The van der Waals surface area contributed by atoms with E-state index in [0.29, 0.717) is 19.6 Å². The van der Waals surface area contributed by atoms with Gasteiger partial charge in [-0.15, -0.1) is 0 Å². The van der Waals surface area contributed by atoms with Gasteiger partial charge < -0.3 is 9.84 Å². The molecule has 1 atom stereocenters. The van der Waals surface area contributed by atoms with E-state index in [1.54, 1.807) is 0 Å². The molecule has 1 rings (SSSR count). The lowest BCUT2D eigenvalue weighted by Crippen LogP contribution is -2.31. The zero-order valence-electron chi connectivity index (χ0n) is 9.63. The monoisotopic (exact) mass is 214 g/mol. The molecule has 1 unspecified atom stereocenters. The zero-order chi connectivity index (χ0) is 11.1. The van der Waals surface area contributed by atoms with E-state index < -0.39 is 11.4 Å². The summed E-state index contributed by atoms with van der Waals surface area (Å²) in [4.78, 5) is 11.2. The van der Waals surface area contributed by atoms with Gasteiger partial charge in [-0.25, -0.2) is 0 Å². The van der Waals surface area contributed by atoms with Crippen molar-refractivity contribution in [3.05, 3.63) is 0 Å². The smallest absolute Gasteiger partial charge is 0.312 e. The summed E-state index contributed by atoms with van der Waals surface area (Å²) in [6, 6.07) is 0. The summed E-state index contributed by atoms with van der Waals surface area (Å²) in [5, 5.41) is 9.19. The number of carboxylic acids is 1. The first-order valence-electron chi connectivity index (χ1n) is 6.02. The Balaban J connectivity index is 2.24. The van der Waals surface area contributed by atoms with Gasteiger partial charge >= 0.3 is 5.97 Å². The number of ether oxygens (including phenoxy) is 1. The van der Waals surface area contributed by atoms with E-state index in [1.807, 2.05) is 0 Å². The summed E-state index contributed by atoms with van der Waals surface area (Å²) < 4.78 is 5.22. The largest absolute Gasteiger partial charge is 0.481 e. The first kappa shape index (κ1) is 12.5. The van der Waals surface area contributed by atoms with E-state index in [9.17, 15) is 9.90 Å². The third-order valence-corrected chi connectivity index (χ3v) is 3.32. The highest BCUT2D eigenvalue weighted by Crippen LogP contribution is 2.34. The van der Waals surface area contributed by atoms with Crippen LogP contribution in [-0.2, 0) is 9.53 Å². The Labute approximate surface area is 91.8 Å². The molecule has 1 saturated heterocycles. The van der Waals surface area contributed by atoms with E-state index in [2.05, 4.69) is 6.92 Å². The molecule has 3 heteroatoms. The Hall–Kier alpha value is -0.570. The van der Waals surface area contributed by atoms with Crippen molar-refractivity contribution in [3.8, 4) is 0 Å². The Morgan fingerprint density at radius 2 is 2.07 bits per heavy atom. The number of rotatable bonds is 7. The van der Waals surface area contributed by atoms with Crippen LogP contribution < -0.4 is 0 Å². The summed E-state index contributed by atoms with van der Waals surface area (Å²) in [5.74, 6) is -0.671. The predicted octanol–water partition coefficient (Wildman–Crippen LogP) is 2.84. The minimum absolute atomic E-state index is 0.413. The summed E-state index contributed by atoms with van der Waals surface area (Å²) >= 11 is 0. The number of unbranched alkanes of at least 4 members (excludes halogenated alkanes) is 4. The van der Waals surface area contributed by atoms with E-state index in [1.165, 1.54) is 19.3 Å². The first-order chi connectivity index (χ1) is 7.21. The average molecular weight is 214 g/mol. The van der Waals surface area contributed by atoms with Crippen molar-refractivity contribution in [1.29, 1.82) is 0 Å². The van der Waals surface area contributed by atoms with Gasteiger partial charge in [0, 0.05) is 6.61 Å². The van der Waals surface area contributed by atoms with Gasteiger partial charge in [0.15, 0.2) is 0 Å². The van der Waals surface area contributed by atoms with Crippen LogP contribution in [0.1, 0.15) is 51.9 Å². The van der Waals surface area contributed by atoms with Crippen LogP contribution in [0.25, 0.3) is 0 Å². The van der Waals surface area contributed by atoms with Crippen LogP contribution in [0.4, 0.5) is 0 Å². The molecule has 3 nitrogen and oxygen atoms in total. The maximum Gasteiger partial charge on any atom is 0.312 e. The molecule has 1 N–H and O–H groups in total. The molecule has 15 heavy (non-hydrogen) atoms. The SMILES string of the molecule is CCCCCCCC1(C(=O)O)CCOC1. The molecule has 1 aliphatic rings. The number of aliphatic carboxylic acids is 1. The van der Waals surface area contributed by atoms with Gasteiger partial charge in [0.2, 0.25) is 0 Å². The van der Waals surface area contributed by atoms with E-state index in [4.69, 9.17) is 4.74 Å². The van der Waals surface area contributed by atoms with Crippen molar-refractivity contribution in [1.82, 2.24) is 0 Å². The molecule has 0 spiro atoms. The fraction of sp³-hybridized carbons (Fsp3) is 0.917. The molecule has 0 saturated carbocycles. The van der Waals surface area contributed by atoms with Crippen LogP contribution in [0.2, 0.25) is 0 Å². The number of hydrogen-bond acceptors (Lipinski definition) is 2. The molecule has 0 amide bonds. The number of hydrogen-bond donors (Lipinski definition) is 1. The Bertz CT molecular complexity index is 195. The van der Waals surface area contributed by atoms with Crippen LogP contribution >= 0.6 is 0 Å². The molecule has 0 aromatic rings. The van der Waals surface area contributed by atoms with Crippen LogP contribution in [0.15, 0.2) is 0 Å². The minimum Gasteiger partial charge on any atom is -0.481 e. The number of carbonyl (C=O) groups is 1. The fourth-order valence-corrected chi connectivity index (χ4v) is 2.15. The molecule has 88 valence electrons. The maximum absolute atomic E-state index is 11.2. The van der Waals surface area contributed by atoms with Crippen LogP contribution in [-0.4, -0.2) is 24.3 Å². The predicted molar refractivity (Wildman–Crippen MR) is 58.9 cm³/mol. The highest BCUT2D eigenvalue weighted by atomic mass is 16.5. The van der Waals surface area contributed by atoms with Gasteiger partial charge in [-0.05, 0) is 12.8 Å². The zero-order valence-corrected chi connectivity index (χ0v) is 9.63. The van der Waals surface area contributed by atoms with Gasteiger partial charge in [-0.3, -0.25) is 4.79 Å². The quantitative estimate of drug-likeness (QED) is 0.663. The summed E-state index contributed by atoms with van der Waals surface area (Å²) in [7, 11) is 0. The summed E-state index contributed by atoms with van der Waals surface area (Å²) in [5.41, 5.74) is -0.563. The Morgan fingerprint density at radius 1 is 1.33 bits per heavy atom. The maximum atomic E-state index is 11.2. The topological polar surface area (TPSA) is 46.5 Å². The Kier molecular flexibility index (Phi) is 5.09. The third-order valence-electron chi connectivity index (χ3n) is 3.32. The highest BCUT2D eigenvalue weighted by molar-refractivity contribution is 5.75. The van der Waals surface area contributed by atoms with Crippen molar-refractivity contribution in [3.63, 3.8) is 0 Å². The highest BCUT2D eigenvalue weighted by Gasteiger charge is 2.41. The van der Waals surface area contributed by atoms with Crippen molar-refractivity contribution < 1.29 is 14.6 Å². The molecule has 0 aliphatic carbocycles. The average Bonchev–Trinajstić information content (AvgIpc) is 2.67. The summed E-state index contributed by atoms with van der Waals surface area (Å²) in [6.45, 7) is 3.21. The molecule has 0 radical (unpaired) electrons. The second kappa shape index (κ2) is 6.11. The van der Waals surface area contributed by atoms with Crippen LogP contribution in [0, 0.1) is 5.41 Å². The van der Waals surface area contributed by atoms with E-state index in [-0.39, 0.29) is 0 Å². The van der Waals surface area contributed by atoms with Crippen molar-refractivity contribution in [2.45, 2.75) is 51.9 Å². The second-order valence-corrected chi connectivity index (χ2v) is 4.55. The van der Waals surface area contributed by atoms with Crippen molar-refractivity contribution >= 4 is 5.97 Å². The van der Waals surface area contributed by atoms with E-state index >= 15 is 0 Å². The second-order valence-electron chi connectivity index (χ2n) is 4.55. The molecule has 1 heterocycles. The molecule has 0 aromatic carbocycles. The standard InChI is InChI=1S/C12H22O3/c1-2-3-4-5-6-7-12(11(13)14)8-9-15-10-12/h2-10H2,1H3,(H,13,14). The molecular weight excluding hydrogens is 192 g/mol. The molecule has 1 fully saturated rings. The molecule has 0 bridgehead atoms. The van der Waals surface area contributed by atoms with Gasteiger partial charge in [0.05, 0.1) is 12.0 Å². The lowest BCUT2D eigenvalue weighted by atomic mass is 9.82. The first-order valence-corrected chi connectivity index (χ1v) is 6.02. The normalized spacial score (nSPS) is 25.7. The minimum atomic E-state index is -0.671. The number of carboxylic acid groups (broad SMARTS) is 1. The van der Waals surface area contributed by atoms with Gasteiger partial charge in [0.25, 0.3) is 0 Å². The molecular formula is C12H22O3. The van der Waals surface area contributed by atoms with E-state index in [0.717, 1.165) is 19.3 Å². The fourth-order valence-electron chi connectivity index (χ4n) is 2.15. The van der Waals surface area contributed by atoms with Crippen LogP contribution in [0.5, 0.6) is 0 Å².